The van der Waals surface area contributed by atoms with Gasteiger partial charge in [0.15, 0.2) is 5.82 Å². The first-order chi connectivity index (χ1) is 9.45. The standard InChI is InChI=1S/C14H24N4O2/c1-14(2,3)11-8-12(18-17-11)16-13(19)9-20-10-4-6-15-7-5-10/h8,10,15H,4-7,9H2,1-3H3,(H2,16,17,18,19). The molecule has 0 saturated carbocycles. The van der Waals surface area contributed by atoms with Crippen LogP contribution in [-0.4, -0.2) is 41.9 Å². The summed E-state index contributed by atoms with van der Waals surface area (Å²) in [6.45, 7) is 8.27. The molecule has 6 nitrogen and oxygen atoms in total. The third kappa shape index (κ3) is 4.31. The Morgan fingerprint density at radius 1 is 1.45 bits per heavy atom. The molecule has 0 spiro atoms. The fraction of sp³-hybridized carbons (Fsp3) is 0.714. The molecule has 0 bridgehead atoms. The predicted molar refractivity (Wildman–Crippen MR) is 77.8 cm³/mol. The average Bonchev–Trinajstić information content (AvgIpc) is 2.86. The molecule has 1 aromatic heterocycles. The number of piperidine rings is 1. The van der Waals surface area contributed by atoms with Gasteiger partial charge in [-0.1, -0.05) is 20.8 Å². The first-order valence-corrected chi connectivity index (χ1v) is 7.13. The third-order valence-corrected chi connectivity index (χ3v) is 3.39. The maximum Gasteiger partial charge on any atom is 0.251 e. The number of rotatable bonds is 4. The van der Waals surface area contributed by atoms with Crippen LogP contribution in [0.4, 0.5) is 5.82 Å². The summed E-state index contributed by atoms with van der Waals surface area (Å²) in [7, 11) is 0. The van der Waals surface area contributed by atoms with Crippen molar-refractivity contribution >= 4 is 11.7 Å². The minimum absolute atomic E-state index is 0.0123. The highest BCUT2D eigenvalue weighted by Gasteiger charge is 2.18. The van der Waals surface area contributed by atoms with E-state index in [-0.39, 0.29) is 24.0 Å². The molecule has 0 aliphatic carbocycles. The van der Waals surface area contributed by atoms with E-state index >= 15 is 0 Å². The predicted octanol–water partition coefficient (Wildman–Crippen LogP) is 1.41. The van der Waals surface area contributed by atoms with Gasteiger partial charge in [-0.05, 0) is 25.9 Å². The Balaban J connectivity index is 1.77. The number of carbonyl (C=O) groups is 1. The number of carbonyl (C=O) groups excluding carboxylic acids is 1. The smallest absolute Gasteiger partial charge is 0.251 e. The van der Waals surface area contributed by atoms with Gasteiger partial charge in [-0.25, -0.2) is 0 Å². The molecule has 2 heterocycles. The van der Waals surface area contributed by atoms with Gasteiger partial charge < -0.3 is 15.4 Å². The molecule has 1 aliphatic rings. The van der Waals surface area contributed by atoms with Crippen molar-refractivity contribution in [3.63, 3.8) is 0 Å². The highest BCUT2D eigenvalue weighted by atomic mass is 16.5. The molecule has 0 radical (unpaired) electrons. The summed E-state index contributed by atoms with van der Waals surface area (Å²) in [6.07, 6.45) is 2.11. The van der Waals surface area contributed by atoms with E-state index in [1.165, 1.54) is 0 Å². The van der Waals surface area contributed by atoms with Crippen LogP contribution in [-0.2, 0) is 14.9 Å². The topological polar surface area (TPSA) is 79.0 Å². The Kier molecular flexibility index (Phi) is 4.77. The number of amides is 1. The van der Waals surface area contributed by atoms with E-state index in [0.29, 0.717) is 5.82 Å². The minimum atomic E-state index is -0.157. The maximum absolute atomic E-state index is 11.8. The minimum Gasteiger partial charge on any atom is -0.368 e. The molecule has 1 amide bonds. The first kappa shape index (κ1) is 15.0. The van der Waals surface area contributed by atoms with Crippen LogP contribution >= 0.6 is 0 Å². The maximum atomic E-state index is 11.8. The summed E-state index contributed by atoms with van der Waals surface area (Å²) in [4.78, 5) is 11.8. The Labute approximate surface area is 119 Å². The van der Waals surface area contributed by atoms with Gasteiger partial charge in [-0.3, -0.25) is 9.89 Å². The van der Waals surface area contributed by atoms with Crippen molar-refractivity contribution in [1.82, 2.24) is 15.5 Å². The summed E-state index contributed by atoms with van der Waals surface area (Å²) in [5, 5.41) is 13.1. The van der Waals surface area contributed by atoms with Crippen molar-refractivity contribution in [3.05, 3.63) is 11.8 Å². The lowest BCUT2D eigenvalue weighted by Crippen LogP contribution is -2.34. The first-order valence-electron chi connectivity index (χ1n) is 7.13. The van der Waals surface area contributed by atoms with Crippen molar-refractivity contribution in [2.24, 2.45) is 0 Å². The molecular weight excluding hydrogens is 256 g/mol. The van der Waals surface area contributed by atoms with Gasteiger partial charge in [-0.15, -0.1) is 0 Å². The zero-order chi connectivity index (χ0) is 14.6. The number of H-pyrrole nitrogens is 1. The average molecular weight is 280 g/mol. The lowest BCUT2D eigenvalue weighted by atomic mass is 9.92. The van der Waals surface area contributed by atoms with E-state index in [1.807, 2.05) is 6.07 Å². The molecule has 6 heteroatoms. The van der Waals surface area contributed by atoms with E-state index in [9.17, 15) is 4.79 Å². The monoisotopic (exact) mass is 280 g/mol. The van der Waals surface area contributed by atoms with Crippen LogP contribution in [0.1, 0.15) is 39.3 Å². The zero-order valence-electron chi connectivity index (χ0n) is 12.5. The second-order valence-corrected chi connectivity index (χ2v) is 6.23. The van der Waals surface area contributed by atoms with Crippen LogP contribution in [0.3, 0.4) is 0 Å². The summed E-state index contributed by atoms with van der Waals surface area (Å²) < 4.78 is 5.60. The van der Waals surface area contributed by atoms with Crippen molar-refractivity contribution in [2.45, 2.75) is 45.1 Å². The summed E-state index contributed by atoms with van der Waals surface area (Å²) in [6, 6.07) is 1.86. The lowest BCUT2D eigenvalue weighted by molar-refractivity contribution is -0.123. The molecule has 112 valence electrons. The second-order valence-electron chi connectivity index (χ2n) is 6.23. The van der Waals surface area contributed by atoms with Gasteiger partial charge in [0.1, 0.15) is 6.61 Å². The molecule has 0 unspecified atom stereocenters. The van der Waals surface area contributed by atoms with Gasteiger partial charge >= 0.3 is 0 Å². The van der Waals surface area contributed by atoms with E-state index in [0.717, 1.165) is 31.6 Å². The number of hydrogen-bond acceptors (Lipinski definition) is 4. The summed E-state index contributed by atoms with van der Waals surface area (Å²) >= 11 is 0. The number of nitrogens with zero attached hydrogens (tertiary/aromatic N) is 1. The molecule has 20 heavy (non-hydrogen) atoms. The van der Waals surface area contributed by atoms with Gasteiger partial charge in [0, 0.05) is 17.2 Å². The zero-order valence-corrected chi connectivity index (χ0v) is 12.5. The molecule has 1 aliphatic heterocycles. The Bertz CT molecular complexity index is 444. The number of aromatic amines is 1. The molecular formula is C14H24N4O2. The Hall–Kier alpha value is -1.40. The van der Waals surface area contributed by atoms with E-state index in [1.54, 1.807) is 0 Å². The highest BCUT2D eigenvalue weighted by molar-refractivity contribution is 5.90. The van der Waals surface area contributed by atoms with Crippen LogP contribution in [0.5, 0.6) is 0 Å². The third-order valence-electron chi connectivity index (χ3n) is 3.39. The molecule has 0 aromatic carbocycles. The van der Waals surface area contributed by atoms with Gasteiger partial charge in [0.25, 0.3) is 5.91 Å². The molecule has 1 aromatic rings. The normalized spacial score (nSPS) is 17.1. The molecule has 0 atom stereocenters. The number of nitrogens with one attached hydrogen (secondary N) is 3. The molecule has 3 N–H and O–H groups in total. The number of hydrogen-bond donors (Lipinski definition) is 3. The molecule has 1 fully saturated rings. The van der Waals surface area contributed by atoms with E-state index < -0.39 is 0 Å². The summed E-state index contributed by atoms with van der Waals surface area (Å²) in [5.74, 6) is 0.393. The van der Waals surface area contributed by atoms with Crippen LogP contribution in [0.25, 0.3) is 0 Å². The van der Waals surface area contributed by atoms with Crippen molar-refractivity contribution in [3.8, 4) is 0 Å². The fourth-order valence-corrected chi connectivity index (χ4v) is 2.10. The van der Waals surface area contributed by atoms with Crippen molar-refractivity contribution in [2.75, 3.05) is 25.0 Å². The van der Waals surface area contributed by atoms with Gasteiger partial charge in [0.05, 0.1) is 6.10 Å². The van der Waals surface area contributed by atoms with Crippen molar-refractivity contribution < 1.29 is 9.53 Å². The van der Waals surface area contributed by atoms with E-state index in [4.69, 9.17) is 4.74 Å². The largest absolute Gasteiger partial charge is 0.368 e. The van der Waals surface area contributed by atoms with Gasteiger partial charge in [-0.2, -0.15) is 5.10 Å². The number of anilines is 1. The van der Waals surface area contributed by atoms with Crippen LogP contribution < -0.4 is 10.6 Å². The van der Waals surface area contributed by atoms with Crippen LogP contribution in [0.2, 0.25) is 0 Å². The highest BCUT2D eigenvalue weighted by Crippen LogP contribution is 2.21. The Morgan fingerprint density at radius 2 is 2.15 bits per heavy atom. The van der Waals surface area contributed by atoms with Crippen LogP contribution in [0.15, 0.2) is 6.07 Å². The SMILES string of the molecule is CC(C)(C)c1cc(NC(=O)COC2CCNCC2)n[nH]1. The van der Waals surface area contributed by atoms with Crippen molar-refractivity contribution in [1.29, 1.82) is 0 Å². The second kappa shape index (κ2) is 6.37. The van der Waals surface area contributed by atoms with Gasteiger partial charge in [0.2, 0.25) is 0 Å². The fourth-order valence-electron chi connectivity index (χ4n) is 2.10. The Morgan fingerprint density at radius 3 is 2.75 bits per heavy atom. The number of aromatic nitrogens is 2. The number of ether oxygens (including phenoxy) is 1. The van der Waals surface area contributed by atoms with Crippen LogP contribution in [0, 0.1) is 0 Å². The summed E-state index contributed by atoms with van der Waals surface area (Å²) in [5.41, 5.74) is 0.980. The lowest BCUT2D eigenvalue weighted by Gasteiger charge is -2.22. The molecule has 2 rings (SSSR count). The van der Waals surface area contributed by atoms with E-state index in [2.05, 4.69) is 41.6 Å². The quantitative estimate of drug-likeness (QED) is 0.779. The molecule has 1 saturated heterocycles.